The van der Waals surface area contributed by atoms with Crippen molar-refractivity contribution < 1.29 is 0 Å². The molecule has 0 radical (unpaired) electrons. The molecule has 19 heavy (non-hydrogen) atoms. The molecular weight excluding hydrogens is 281 g/mol. The summed E-state index contributed by atoms with van der Waals surface area (Å²) in [6.45, 7) is 6.76. The van der Waals surface area contributed by atoms with Crippen LogP contribution in [0.15, 0.2) is 18.2 Å². The van der Waals surface area contributed by atoms with E-state index in [9.17, 15) is 0 Å². The van der Waals surface area contributed by atoms with Gasteiger partial charge in [0, 0.05) is 11.3 Å². The highest BCUT2D eigenvalue weighted by molar-refractivity contribution is 6.42. The van der Waals surface area contributed by atoms with Crippen LogP contribution in [0.4, 0.5) is 0 Å². The van der Waals surface area contributed by atoms with E-state index >= 15 is 0 Å². The normalized spacial score (nSPS) is 12.7. The van der Waals surface area contributed by atoms with Gasteiger partial charge in [-0.2, -0.15) is 5.10 Å². The van der Waals surface area contributed by atoms with Gasteiger partial charge >= 0.3 is 0 Å². The van der Waals surface area contributed by atoms with Crippen LogP contribution in [0.2, 0.25) is 10.0 Å². The fourth-order valence-corrected chi connectivity index (χ4v) is 2.65. The maximum absolute atomic E-state index is 6.06. The number of nitrogens with zero attached hydrogens (tertiary/aromatic N) is 2. The van der Waals surface area contributed by atoms with Crippen LogP contribution in [-0.4, -0.2) is 16.3 Å². The van der Waals surface area contributed by atoms with E-state index in [4.69, 9.17) is 28.9 Å². The third kappa shape index (κ3) is 2.64. The van der Waals surface area contributed by atoms with E-state index in [0.29, 0.717) is 16.6 Å². The second kappa shape index (κ2) is 5.53. The summed E-state index contributed by atoms with van der Waals surface area (Å²) in [5.74, 6) is 0.288. The van der Waals surface area contributed by atoms with E-state index in [1.807, 2.05) is 30.7 Å². The molecule has 1 aromatic heterocycles. The van der Waals surface area contributed by atoms with Crippen molar-refractivity contribution in [2.45, 2.75) is 26.7 Å². The lowest BCUT2D eigenvalue weighted by Gasteiger charge is -2.10. The minimum atomic E-state index is 0.288. The van der Waals surface area contributed by atoms with Gasteiger partial charge in [-0.25, -0.2) is 4.68 Å². The second-order valence-corrected chi connectivity index (χ2v) is 5.55. The van der Waals surface area contributed by atoms with E-state index < -0.39 is 0 Å². The van der Waals surface area contributed by atoms with Gasteiger partial charge in [0.2, 0.25) is 0 Å². The van der Waals surface area contributed by atoms with Crippen molar-refractivity contribution in [1.29, 1.82) is 0 Å². The molecule has 102 valence electrons. The van der Waals surface area contributed by atoms with Crippen molar-refractivity contribution in [2.75, 3.05) is 6.54 Å². The molecule has 1 unspecified atom stereocenters. The van der Waals surface area contributed by atoms with Crippen LogP contribution in [0, 0.1) is 13.8 Å². The summed E-state index contributed by atoms with van der Waals surface area (Å²) in [5.41, 5.74) is 9.96. The molecule has 0 spiro atoms. The van der Waals surface area contributed by atoms with Crippen LogP contribution in [0.25, 0.3) is 5.69 Å². The van der Waals surface area contributed by atoms with E-state index in [1.165, 1.54) is 5.56 Å². The summed E-state index contributed by atoms with van der Waals surface area (Å²) in [5, 5.41) is 5.65. The molecule has 5 heteroatoms. The van der Waals surface area contributed by atoms with Crippen molar-refractivity contribution in [3.8, 4) is 5.69 Å². The first-order valence-electron chi connectivity index (χ1n) is 6.17. The van der Waals surface area contributed by atoms with Gasteiger partial charge in [-0.1, -0.05) is 30.1 Å². The largest absolute Gasteiger partial charge is 0.330 e. The molecule has 0 saturated carbocycles. The molecule has 0 bridgehead atoms. The standard InChI is InChI=1S/C14H17Cl2N3/c1-8(7-17)14-9(2)18-19(10(14)3)11-4-5-12(15)13(16)6-11/h4-6,8H,7,17H2,1-3H3. The molecule has 2 rings (SSSR count). The number of rotatable bonds is 3. The van der Waals surface area contributed by atoms with Crippen molar-refractivity contribution in [3.63, 3.8) is 0 Å². The monoisotopic (exact) mass is 297 g/mol. The molecule has 0 amide bonds. The minimum Gasteiger partial charge on any atom is -0.330 e. The highest BCUT2D eigenvalue weighted by Gasteiger charge is 2.17. The van der Waals surface area contributed by atoms with Crippen LogP contribution in [0.3, 0.4) is 0 Å². The molecule has 2 N–H and O–H groups in total. The van der Waals surface area contributed by atoms with E-state index in [2.05, 4.69) is 12.0 Å². The Morgan fingerprint density at radius 1 is 1.26 bits per heavy atom. The minimum absolute atomic E-state index is 0.288. The topological polar surface area (TPSA) is 43.8 Å². The van der Waals surface area contributed by atoms with E-state index in [1.54, 1.807) is 6.07 Å². The highest BCUT2D eigenvalue weighted by atomic mass is 35.5. The SMILES string of the molecule is Cc1nn(-c2ccc(Cl)c(Cl)c2)c(C)c1C(C)CN. The molecule has 1 heterocycles. The Morgan fingerprint density at radius 3 is 2.53 bits per heavy atom. The summed E-state index contributed by atoms with van der Waals surface area (Å²) in [7, 11) is 0. The molecule has 1 atom stereocenters. The first-order valence-corrected chi connectivity index (χ1v) is 6.93. The van der Waals surface area contributed by atoms with Gasteiger partial charge in [-0.15, -0.1) is 0 Å². The molecule has 0 aliphatic carbocycles. The summed E-state index contributed by atoms with van der Waals surface area (Å²) in [6, 6.07) is 5.51. The van der Waals surface area contributed by atoms with Crippen molar-refractivity contribution >= 4 is 23.2 Å². The Labute approximate surface area is 123 Å². The number of nitrogens with two attached hydrogens (primary N) is 1. The zero-order chi connectivity index (χ0) is 14.2. The maximum atomic E-state index is 6.06. The Hall–Kier alpha value is -1.03. The van der Waals surface area contributed by atoms with Gasteiger partial charge in [0.05, 0.1) is 21.4 Å². The number of hydrogen-bond donors (Lipinski definition) is 1. The molecule has 0 aliphatic rings. The quantitative estimate of drug-likeness (QED) is 0.935. The second-order valence-electron chi connectivity index (χ2n) is 4.73. The molecular formula is C14H17Cl2N3. The fourth-order valence-electron chi connectivity index (χ4n) is 2.35. The average Bonchev–Trinajstić information content (AvgIpc) is 2.67. The van der Waals surface area contributed by atoms with Crippen molar-refractivity contribution in [1.82, 2.24) is 9.78 Å². The Bertz CT molecular complexity index is 605. The highest BCUT2D eigenvalue weighted by Crippen LogP contribution is 2.28. The third-order valence-electron chi connectivity index (χ3n) is 3.34. The number of aryl methyl sites for hydroxylation is 1. The summed E-state index contributed by atoms with van der Waals surface area (Å²) in [6.07, 6.45) is 0. The lowest BCUT2D eigenvalue weighted by Crippen LogP contribution is -2.10. The first-order chi connectivity index (χ1) is 8.95. The zero-order valence-corrected chi connectivity index (χ0v) is 12.8. The van der Waals surface area contributed by atoms with Crippen LogP contribution in [-0.2, 0) is 0 Å². The van der Waals surface area contributed by atoms with Crippen LogP contribution in [0.5, 0.6) is 0 Å². The van der Waals surface area contributed by atoms with E-state index in [-0.39, 0.29) is 5.92 Å². The Kier molecular flexibility index (Phi) is 4.19. The van der Waals surface area contributed by atoms with Crippen LogP contribution < -0.4 is 5.73 Å². The summed E-state index contributed by atoms with van der Waals surface area (Å²) >= 11 is 12.0. The van der Waals surface area contributed by atoms with Gasteiger partial charge in [-0.3, -0.25) is 0 Å². The lowest BCUT2D eigenvalue weighted by molar-refractivity contribution is 0.759. The first kappa shape index (κ1) is 14.4. The average molecular weight is 298 g/mol. The molecule has 1 aromatic carbocycles. The van der Waals surface area contributed by atoms with Crippen LogP contribution >= 0.6 is 23.2 Å². The maximum Gasteiger partial charge on any atom is 0.0664 e. The van der Waals surface area contributed by atoms with Crippen molar-refractivity contribution in [3.05, 3.63) is 45.2 Å². The van der Waals surface area contributed by atoms with Gasteiger partial charge in [0.15, 0.2) is 0 Å². The number of benzene rings is 1. The predicted octanol–water partition coefficient (Wildman–Crippen LogP) is 3.86. The lowest BCUT2D eigenvalue weighted by atomic mass is 9.99. The van der Waals surface area contributed by atoms with Gasteiger partial charge in [0.1, 0.15) is 0 Å². The Balaban J connectivity index is 2.54. The summed E-state index contributed by atoms with van der Waals surface area (Å²) < 4.78 is 1.89. The molecule has 2 aromatic rings. The predicted molar refractivity (Wildman–Crippen MR) is 80.5 cm³/mol. The Morgan fingerprint density at radius 2 is 1.95 bits per heavy atom. The molecule has 0 saturated heterocycles. The number of halogens is 2. The number of aromatic nitrogens is 2. The van der Waals surface area contributed by atoms with Crippen LogP contribution in [0.1, 0.15) is 29.8 Å². The van der Waals surface area contributed by atoms with Gasteiger partial charge < -0.3 is 5.73 Å². The number of hydrogen-bond acceptors (Lipinski definition) is 2. The van der Waals surface area contributed by atoms with Gasteiger partial charge in [0.25, 0.3) is 0 Å². The van der Waals surface area contributed by atoms with Gasteiger partial charge in [-0.05, 0) is 44.5 Å². The fraction of sp³-hybridized carbons (Fsp3) is 0.357. The zero-order valence-electron chi connectivity index (χ0n) is 11.2. The van der Waals surface area contributed by atoms with E-state index in [0.717, 1.165) is 17.1 Å². The smallest absolute Gasteiger partial charge is 0.0664 e. The molecule has 3 nitrogen and oxygen atoms in total. The van der Waals surface area contributed by atoms with Crippen molar-refractivity contribution in [2.24, 2.45) is 5.73 Å². The molecule has 0 aliphatic heterocycles. The molecule has 0 fully saturated rings. The summed E-state index contributed by atoms with van der Waals surface area (Å²) in [4.78, 5) is 0. The third-order valence-corrected chi connectivity index (χ3v) is 4.08.